The first kappa shape index (κ1) is 14.0. The lowest BCUT2D eigenvalue weighted by molar-refractivity contribution is 0.0925. The van der Waals surface area contributed by atoms with Crippen molar-refractivity contribution in [2.24, 2.45) is 0 Å². The molecule has 1 amide bonds. The number of aryl methyl sites for hydroxylation is 1. The van der Waals surface area contributed by atoms with E-state index in [9.17, 15) is 9.90 Å². The third-order valence-electron chi connectivity index (χ3n) is 3.78. The largest absolute Gasteiger partial charge is 0.392 e. The fourth-order valence-corrected chi connectivity index (χ4v) is 2.47. The highest BCUT2D eigenvalue weighted by molar-refractivity contribution is 6.06. The van der Waals surface area contributed by atoms with Gasteiger partial charge in [0.2, 0.25) is 0 Å². The highest BCUT2D eigenvalue weighted by Crippen LogP contribution is 2.40. The molecule has 0 aliphatic heterocycles. The SMILES string of the molecule is Cc1ccc2nc(C3CC3)cc(C(=O)NCC(C)O)c2c1. The minimum absolute atomic E-state index is 0.143. The second-order valence-corrected chi connectivity index (χ2v) is 5.95. The van der Waals surface area contributed by atoms with E-state index in [2.05, 4.69) is 10.3 Å². The van der Waals surface area contributed by atoms with Crippen LogP contribution in [0.1, 0.15) is 47.3 Å². The lowest BCUT2D eigenvalue weighted by Crippen LogP contribution is -2.30. The number of amides is 1. The number of aliphatic hydroxyl groups is 1. The van der Waals surface area contributed by atoms with Gasteiger partial charge in [-0.15, -0.1) is 0 Å². The van der Waals surface area contributed by atoms with Gasteiger partial charge in [-0.25, -0.2) is 0 Å². The highest BCUT2D eigenvalue weighted by atomic mass is 16.3. The molecule has 1 aliphatic rings. The van der Waals surface area contributed by atoms with E-state index in [-0.39, 0.29) is 12.5 Å². The maximum absolute atomic E-state index is 12.4. The molecule has 0 saturated heterocycles. The molecule has 0 radical (unpaired) electrons. The summed E-state index contributed by atoms with van der Waals surface area (Å²) in [6, 6.07) is 7.90. The average Bonchev–Trinajstić information content (AvgIpc) is 3.28. The molecule has 1 atom stereocenters. The molecule has 1 unspecified atom stereocenters. The first-order valence-corrected chi connectivity index (χ1v) is 7.42. The van der Waals surface area contributed by atoms with Crippen molar-refractivity contribution in [2.45, 2.75) is 38.7 Å². The van der Waals surface area contributed by atoms with Crippen LogP contribution >= 0.6 is 0 Å². The van der Waals surface area contributed by atoms with Crippen LogP contribution in [0.2, 0.25) is 0 Å². The van der Waals surface area contributed by atoms with E-state index in [4.69, 9.17) is 0 Å². The van der Waals surface area contributed by atoms with Gasteiger partial charge in [0.1, 0.15) is 0 Å². The van der Waals surface area contributed by atoms with Gasteiger partial charge in [0.05, 0.1) is 17.2 Å². The first-order chi connectivity index (χ1) is 10.0. The van der Waals surface area contributed by atoms with Crippen molar-refractivity contribution < 1.29 is 9.90 Å². The van der Waals surface area contributed by atoms with Crippen LogP contribution in [0.25, 0.3) is 10.9 Å². The molecule has 1 aromatic carbocycles. The van der Waals surface area contributed by atoms with Gasteiger partial charge in [-0.3, -0.25) is 9.78 Å². The van der Waals surface area contributed by atoms with Gasteiger partial charge in [0, 0.05) is 23.5 Å². The zero-order valence-electron chi connectivity index (χ0n) is 12.4. The number of benzene rings is 1. The second-order valence-electron chi connectivity index (χ2n) is 5.95. The molecule has 1 aliphatic carbocycles. The minimum atomic E-state index is -0.549. The van der Waals surface area contributed by atoms with Crippen molar-refractivity contribution in [2.75, 3.05) is 6.54 Å². The normalized spacial score (nSPS) is 16.0. The Bertz CT molecular complexity index is 690. The number of aromatic nitrogens is 1. The molecule has 4 nitrogen and oxygen atoms in total. The molecule has 2 aromatic rings. The molecule has 1 aromatic heterocycles. The molecule has 21 heavy (non-hydrogen) atoms. The molecule has 0 bridgehead atoms. The standard InChI is InChI=1S/C17H20N2O2/c1-10-3-6-15-13(7-10)14(17(21)18-9-11(2)20)8-16(19-15)12-4-5-12/h3,6-8,11-12,20H,4-5,9H2,1-2H3,(H,18,21). The van der Waals surface area contributed by atoms with Crippen molar-refractivity contribution in [1.82, 2.24) is 10.3 Å². The van der Waals surface area contributed by atoms with Crippen molar-refractivity contribution in [1.29, 1.82) is 0 Å². The lowest BCUT2D eigenvalue weighted by Gasteiger charge is -2.11. The van der Waals surface area contributed by atoms with E-state index in [1.165, 1.54) is 0 Å². The number of pyridine rings is 1. The van der Waals surface area contributed by atoms with Gasteiger partial charge in [0.15, 0.2) is 0 Å². The topological polar surface area (TPSA) is 62.2 Å². The van der Waals surface area contributed by atoms with E-state index < -0.39 is 6.10 Å². The first-order valence-electron chi connectivity index (χ1n) is 7.42. The molecule has 1 fully saturated rings. The summed E-state index contributed by atoms with van der Waals surface area (Å²) in [5.74, 6) is 0.356. The summed E-state index contributed by atoms with van der Waals surface area (Å²) in [6.45, 7) is 3.92. The quantitative estimate of drug-likeness (QED) is 0.907. The number of hydrogen-bond acceptors (Lipinski definition) is 3. The number of nitrogens with zero attached hydrogens (tertiary/aromatic N) is 1. The predicted molar refractivity (Wildman–Crippen MR) is 82.5 cm³/mol. The van der Waals surface area contributed by atoms with E-state index in [1.807, 2.05) is 31.2 Å². The summed E-state index contributed by atoms with van der Waals surface area (Å²) < 4.78 is 0. The number of rotatable bonds is 4. The van der Waals surface area contributed by atoms with Crippen molar-refractivity contribution in [3.63, 3.8) is 0 Å². The van der Waals surface area contributed by atoms with E-state index in [1.54, 1.807) is 6.92 Å². The fraction of sp³-hybridized carbons (Fsp3) is 0.412. The Morgan fingerprint density at radius 1 is 1.43 bits per heavy atom. The summed E-state index contributed by atoms with van der Waals surface area (Å²) >= 11 is 0. The second kappa shape index (κ2) is 5.45. The van der Waals surface area contributed by atoms with Gasteiger partial charge >= 0.3 is 0 Å². The monoisotopic (exact) mass is 284 g/mol. The van der Waals surface area contributed by atoms with E-state index >= 15 is 0 Å². The average molecular weight is 284 g/mol. The molecular weight excluding hydrogens is 264 g/mol. The Kier molecular flexibility index (Phi) is 3.64. The Morgan fingerprint density at radius 2 is 2.19 bits per heavy atom. The van der Waals surface area contributed by atoms with Crippen LogP contribution in [0.5, 0.6) is 0 Å². The van der Waals surface area contributed by atoms with Gasteiger partial charge < -0.3 is 10.4 Å². The molecule has 0 spiro atoms. The van der Waals surface area contributed by atoms with Crippen molar-refractivity contribution in [3.8, 4) is 0 Å². The van der Waals surface area contributed by atoms with Gasteiger partial charge in [-0.05, 0) is 44.9 Å². The smallest absolute Gasteiger partial charge is 0.252 e. The Balaban J connectivity index is 2.04. The summed E-state index contributed by atoms with van der Waals surface area (Å²) in [5.41, 5.74) is 3.64. The summed E-state index contributed by atoms with van der Waals surface area (Å²) in [5, 5.41) is 13.0. The van der Waals surface area contributed by atoms with Crippen molar-refractivity contribution >= 4 is 16.8 Å². The van der Waals surface area contributed by atoms with Crippen LogP contribution < -0.4 is 5.32 Å². The molecule has 2 N–H and O–H groups in total. The number of nitrogens with one attached hydrogen (secondary N) is 1. The molecule has 1 saturated carbocycles. The maximum atomic E-state index is 12.4. The predicted octanol–water partition coefficient (Wildman–Crippen LogP) is 2.53. The number of carbonyl (C=O) groups excluding carboxylic acids is 1. The van der Waals surface area contributed by atoms with Crippen LogP contribution in [-0.2, 0) is 0 Å². The Labute approximate surface area is 124 Å². The molecule has 4 heteroatoms. The van der Waals surface area contributed by atoms with Crippen LogP contribution in [0.3, 0.4) is 0 Å². The van der Waals surface area contributed by atoms with Crippen LogP contribution in [0.4, 0.5) is 0 Å². The zero-order chi connectivity index (χ0) is 15.0. The van der Waals surface area contributed by atoms with E-state index in [0.717, 1.165) is 35.0 Å². The summed E-state index contributed by atoms with van der Waals surface area (Å²) in [6.07, 6.45) is 1.75. The van der Waals surface area contributed by atoms with Crippen LogP contribution in [0.15, 0.2) is 24.3 Å². The third kappa shape index (κ3) is 3.05. The Hall–Kier alpha value is -1.94. The zero-order valence-corrected chi connectivity index (χ0v) is 12.4. The summed E-state index contributed by atoms with van der Waals surface area (Å²) in [7, 11) is 0. The van der Waals surface area contributed by atoms with Gasteiger partial charge in [-0.1, -0.05) is 11.6 Å². The van der Waals surface area contributed by atoms with Crippen LogP contribution in [-0.4, -0.2) is 28.6 Å². The van der Waals surface area contributed by atoms with Gasteiger partial charge in [0.25, 0.3) is 5.91 Å². The lowest BCUT2D eigenvalue weighted by atomic mass is 10.0. The number of aliphatic hydroxyl groups excluding tert-OH is 1. The molecular formula is C17H20N2O2. The van der Waals surface area contributed by atoms with Gasteiger partial charge in [-0.2, -0.15) is 0 Å². The van der Waals surface area contributed by atoms with Crippen molar-refractivity contribution in [3.05, 3.63) is 41.1 Å². The third-order valence-corrected chi connectivity index (χ3v) is 3.78. The maximum Gasteiger partial charge on any atom is 0.252 e. The fourth-order valence-electron chi connectivity index (χ4n) is 2.47. The number of fused-ring (bicyclic) bond motifs is 1. The van der Waals surface area contributed by atoms with E-state index in [0.29, 0.717) is 11.5 Å². The number of hydrogen-bond donors (Lipinski definition) is 2. The minimum Gasteiger partial charge on any atom is -0.392 e. The van der Waals surface area contributed by atoms with Crippen LogP contribution in [0, 0.1) is 6.92 Å². The Morgan fingerprint density at radius 3 is 2.86 bits per heavy atom. The molecule has 1 heterocycles. The highest BCUT2D eigenvalue weighted by Gasteiger charge is 2.27. The molecule has 110 valence electrons. The summed E-state index contributed by atoms with van der Waals surface area (Å²) in [4.78, 5) is 17.1. The molecule has 3 rings (SSSR count). The number of carbonyl (C=O) groups is 1.